The van der Waals surface area contributed by atoms with Gasteiger partial charge in [0.05, 0.1) is 25.0 Å². The van der Waals surface area contributed by atoms with Crippen LogP contribution in [0, 0.1) is 29.6 Å². The first kappa shape index (κ1) is 16.8. The summed E-state index contributed by atoms with van der Waals surface area (Å²) < 4.78 is 5.43. The van der Waals surface area contributed by atoms with Gasteiger partial charge >= 0.3 is 0 Å². The van der Waals surface area contributed by atoms with Crippen LogP contribution >= 0.6 is 11.6 Å². The van der Waals surface area contributed by atoms with Crippen LogP contribution in [0.15, 0.2) is 18.2 Å². The van der Waals surface area contributed by atoms with E-state index in [1.165, 1.54) is 4.90 Å². The van der Waals surface area contributed by atoms with Crippen LogP contribution in [0.4, 0.5) is 0 Å². The van der Waals surface area contributed by atoms with Gasteiger partial charge in [0.15, 0.2) is 6.61 Å². The van der Waals surface area contributed by atoms with Crippen molar-refractivity contribution in [3.8, 4) is 17.9 Å². The van der Waals surface area contributed by atoms with Crippen LogP contribution in [0.2, 0.25) is 5.02 Å². The molecular formula is C15H16ClN3O2. The molecule has 0 N–H and O–H groups in total. The molecule has 1 aromatic carbocycles. The summed E-state index contributed by atoms with van der Waals surface area (Å²) in [6, 6.07) is 9.12. The molecule has 0 aliphatic carbocycles. The first-order chi connectivity index (χ1) is 10.1. The van der Waals surface area contributed by atoms with E-state index in [2.05, 4.69) is 0 Å². The standard InChI is InChI=1S/C15H16ClN3O2/c1-12-10-13(4-5-14(12)16)21-11-15(20)19(8-2-6-17)9-3-7-18/h4-5,10H,2-3,8-9,11H2,1H3. The summed E-state index contributed by atoms with van der Waals surface area (Å²) in [6.07, 6.45) is 0.467. The second-order valence-electron chi connectivity index (χ2n) is 4.40. The van der Waals surface area contributed by atoms with Crippen molar-refractivity contribution in [3.63, 3.8) is 0 Å². The fourth-order valence-electron chi connectivity index (χ4n) is 1.67. The average Bonchev–Trinajstić information content (AvgIpc) is 2.48. The largest absolute Gasteiger partial charge is 0.484 e. The first-order valence-electron chi connectivity index (χ1n) is 6.49. The normalized spacial score (nSPS) is 9.52. The summed E-state index contributed by atoms with van der Waals surface area (Å²) in [5, 5.41) is 17.8. The Balaban J connectivity index is 2.57. The van der Waals surface area contributed by atoms with Crippen LogP contribution in [0.25, 0.3) is 0 Å². The van der Waals surface area contributed by atoms with Gasteiger partial charge in [-0.05, 0) is 30.7 Å². The van der Waals surface area contributed by atoms with E-state index in [4.69, 9.17) is 26.9 Å². The molecule has 1 aromatic rings. The third kappa shape index (κ3) is 5.72. The molecule has 1 amide bonds. The fraction of sp³-hybridized carbons (Fsp3) is 0.400. The van der Waals surface area contributed by atoms with E-state index in [0.29, 0.717) is 23.9 Å². The zero-order valence-corrected chi connectivity index (χ0v) is 12.6. The Morgan fingerprint density at radius 2 is 1.90 bits per heavy atom. The lowest BCUT2D eigenvalue weighted by Gasteiger charge is -2.20. The molecule has 0 unspecified atom stereocenters. The van der Waals surface area contributed by atoms with Crippen LogP contribution in [0.1, 0.15) is 18.4 Å². The molecule has 21 heavy (non-hydrogen) atoms. The Bertz CT molecular complexity index is 557. The molecule has 0 aliphatic rings. The molecule has 0 saturated heterocycles. The van der Waals surface area contributed by atoms with Crippen LogP contribution in [0.5, 0.6) is 5.75 Å². The highest BCUT2D eigenvalue weighted by atomic mass is 35.5. The average molecular weight is 306 g/mol. The second kappa shape index (κ2) is 8.84. The van der Waals surface area contributed by atoms with Gasteiger partial charge in [-0.3, -0.25) is 4.79 Å². The number of ether oxygens (including phenoxy) is 1. The zero-order valence-electron chi connectivity index (χ0n) is 11.8. The smallest absolute Gasteiger partial charge is 0.260 e. The van der Waals surface area contributed by atoms with Crippen LogP contribution in [-0.4, -0.2) is 30.5 Å². The number of carbonyl (C=O) groups is 1. The van der Waals surface area contributed by atoms with Crippen molar-refractivity contribution >= 4 is 17.5 Å². The van der Waals surface area contributed by atoms with E-state index in [1.54, 1.807) is 18.2 Å². The van der Waals surface area contributed by atoms with Crippen molar-refractivity contribution in [2.45, 2.75) is 19.8 Å². The maximum atomic E-state index is 12.0. The molecule has 0 spiro atoms. The van der Waals surface area contributed by atoms with Crippen molar-refractivity contribution in [2.75, 3.05) is 19.7 Å². The Morgan fingerprint density at radius 1 is 1.29 bits per heavy atom. The molecule has 5 nitrogen and oxygen atoms in total. The topological polar surface area (TPSA) is 77.1 Å². The van der Waals surface area contributed by atoms with Gasteiger partial charge in [-0.15, -0.1) is 0 Å². The minimum Gasteiger partial charge on any atom is -0.484 e. The van der Waals surface area contributed by atoms with Crippen molar-refractivity contribution < 1.29 is 9.53 Å². The molecule has 0 bridgehead atoms. The molecular weight excluding hydrogens is 290 g/mol. The lowest BCUT2D eigenvalue weighted by atomic mass is 10.2. The number of amides is 1. The Kier molecular flexibility index (Phi) is 7.08. The summed E-state index contributed by atoms with van der Waals surface area (Å²) in [7, 11) is 0. The zero-order chi connectivity index (χ0) is 15.7. The number of carbonyl (C=O) groups excluding carboxylic acids is 1. The number of rotatable bonds is 7. The Labute approximate surface area is 129 Å². The summed E-state index contributed by atoms with van der Waals surface area (Å²) in [5.41, 5.74) is 0.868. The van der Waals surface area contributed by atoms with Gasteiger partial charge in [0.2, 0.25) is 0 Å². The number of aryl methyl sites for hydroxylation is 1. The third-order valence-corrected chi connectivity index (χ3v) is 3.26. The molecule has 0 heterocycles. The molecule has 0 aromatic heterocycles. The number of nitriles is 2. The molecule has 0 saturated carbocycles. The molecule has 0 atom stereocenters. The predicted molar refractivity (Wildman–Crippen MR) is 78.7 cm³/mol. The van der Waals surface area contributed by atoms with Crippen molar-refractivity contribution in [3.05, 3.63) is 28.8 Å². The molecule has 6 heteroatoms. The monoisotopic (exact) mass is 305 g/mol. The number of hydrogen-bond donors (Lipinski definition) is 0. The van der Waals surface area contributed by atoms with E-state index < -0.39 is 0 Å². The maximum Gasteiger partial charge on any atom is 0.260 e. The number of nitrogens with zero attached hydrogens (tertiary/aromatic N) is 3. The van der Waals surface area contributed by atoms with Gasteiger partial charge in [0.1, 0.15) is 5.75 Å². The van der Waals surface area contributed by atoms with Gasteiger partial charge in [-0.2, -0.15) is 10.5 Å². The summed E-state index contributed by atoms with van der Waals surface area (Å²) in [6.45, 7) is 2.33. The van der Waals surface area contributed by atoms with Crippen LogP contribution < -0.4 is 4.74 Å². The molecule has 0 aliphatic heterocycles. The van der Waals surface area contributed by atoms with Gasteiger partial charge in [-0.25, -0.2) is 0 Å². The maximum absolute atomic E-state index is 12.0. The molecule has 110 valence electrons. The van der Waals surface area contributed by atoms with Gasteiger partial charge < -0.3 is 9.64 Å². The van der Waals surface area contributed by atoms with Crippen molar-refractivity contribution in [1.29, 1.82) is 10.5 Å². The minimum absolute atomic E-state index is 0.127. The molecule has 0 radical (unpaired) electrons. The first-order valence-corrected chi connectivity index (χ1v) is 6.87. The molecule has 1 rings (SSSR count). The Hall–Kier alpha value is -2.24. The third-order valence-electron chi connectivity index (χ3n) is 2.83. The van der Waals surface area contributed by atoms with E-state index >= 15 is 0 Å². The summed E-state index contributed by atoms with van der Waals surface area (Å²) >= 11 is 5.92. The Morgan fingerprint density at radius 3 is 2.43 bits per heavy atom. The fourth-order valence-corrected chi connectivity index (χ4v) is 1.79. The van der Waals surface area contributed by atoms with Gasteiger partial charge in [-0.1, -0.05) is 11.6 Å². The van der Waals surface area contributed by atoms with Crippen molar-refractivity contribution in [2.24, 2.45) is 0 Å². The molecule has 0 fully saturated rings. The van der Waals surface area contributed by atoms with E-state index in [1.807, 2.05) is 19.1 Å². The lowest BCUT2D eigenvalue weighted by Crippen LogP contribution is -2.36. The second-order valence-corrected chi connectivity index (χ2v) is 4.80. The van der Waals surface area contributed by atoms with E-state index in [-0.39, 0.29) is 25.4 Å². The number of benzene rings is 1. The number of hydrogen-bond acceptors (Lipinski definition) is 4. The minimum atomic E-state index is -0.242. The summed E-state index contributed by atoms with van der Waals surface area (Å²) in [5.74, 6) is 0.318. The highest BCUT2D eigenvalue weighted by Gasteiger charge is 2.13. The highest BCUT2D eigenvalue weighted by molar-refractivity contribution is 6.31. The van der Waals surface area contributed by atoms with E-state index in [9.17, 15) is 4.79 Å². The summed E-state index contributed by atoms with van der Waals surface area (Å²) in [4.78, 5) is 13.5. The quantitative estimate of drug-likeness (QED) is 0.776. The van der Waals surface area contributed by atoms with Crippen molar-refractivity contribution in [1.82, 2.24) is 4.90 Å². The van der Waals surface area contributed by atoms with Gasteiger partial charge in [0.25, 0.3) is 5.91 Å². The SMILES string of the molecule is Cc1cc(OCC(=O)N(CCC#N)CCC#N)ccc1Cl. The van der Waals surface area contributed by atoms with Gasteiger partial charge in [0, 0.05) is 18.1 Å². The lowest BCUT2D eigenvalue weighted by molar-refractivity contribution is -0.133. The van der Waals surface area contributed by atoms with E-state index in [0.717, 1.165) is 5.56 Å². The van der Waals surface area contributed by atoms with Crippen LogP contribution in [0.3, 0.4) is 0 Å². The predicted octanol–water partition coefficient (Wildman–Crippen LogP) is 2.68. The van der Waals surface area contributed by atoms with Crippen LogP contribution in [-0.2, 0) is 4.79 Å². The number of halogens is 1. The highest BCUT2D eigenvalue weighted by Crippen LogP contribution is 2.21.